The third-order valence-corrected chi connectivity index (χ3v) is 3.87. The van der Waals surface area contributed by atoms with Gasteiger partial charge in [-0.2, -0.15) is 0 Å². The van der Waals surface area contributed by atoms with Gasteiger partial charge in [-0.15, -0.1) is 0 Å². The first-order chi connectivity index (χ1) is 7.15. The van der Waals surface area contributed by atoms with Crippen LogP contribution in [0.3, 0.4) is 0 Å². The number of aliphatic carboxylic acids is 1. The first kappa shape index (κ1) is 12.5. The fourth-order valence-electron chi connectivity index (χ4n) is 3.06. The summed E-state index contributed by atoms with van der Waals surface area (Å²) >= 11 is 0. The van der Waals surface area contributed by atoms with Crippen molar-refractivity contribution in [3.8, 4) is 0 Å². The van der Waals surface area contributed by atoms with Crippen LogP contribution in [0.2, 0.25) is 0 Å². The zero-order chi connectivity index (χ0) is 11.4. The Bertz CT molecular complexity index is 215. The number of ether oxygens (including phenoxy) is 1. The highest BCUT2D eigenvalue weighted by atomic mass is 16.5. The van der Waals surface area contributed by atoms with Gasteiger partial charge in [-0.25, -0.2) is 0 Å². The van der Waals surface area contributed by atoms with Gasteiger partial charge in [-0.05, 0) is 24.2 Å². The van der Waals surface area contributed by atoms with Gasteiger partial charge in [-0.1, -0.05) is 26.7 Å². The van der Waals surface area contributed by atoms with E-state index >= 15 is 0 Å². The lowest BCUT2D eigenvalue weighted by Gasteiger charge is -2.22. The molecule has 1 rings (SSSR count). The summed E-state index contributed by atoms with van der Waals surface area (Å²) < 4.78 is 5.17. The lowest BCUT2D eigenvalue weighted by molar-refractivity contribution is -0.145. The molecular formula is C12H22O3. The molecule has 3 nitrogen and oxygen atoms in total. The lowest BCUT2D eigenvalue weighted by atomic mass is 9.86. The average molecular weight is 214 g/mol. The Balaban J connectivity index is 2.79. The number of carbonyl (C=O) groups is 1. The molecule has 3 heteroatoms. The van der Waals surface area contributed by atoms with Crippen LogP contribution in [0.4, 0.5) is 0 Å². The molecular weight excluding hydrogens is 192 g/mol. The van der Waals surface area contributed by atoms with Crippen LogP contribution in [0.5, 0.6) is 0 Å². The lowest BCUT2D eigenvalue weighted by Crippen LogP contribution is -2.28. The van der Waals surface area contributed by atoms with Gasteiger partial charge in [0.05, 0.1) is 12.5 Å². The minimum atomic E-state index is -0.639. The number of hydrogen-bond donors (Lipinski definition) is 1. The third kappa shape index (κ3) is 2.51. The third-order valence-electron chi connectivity index (χ3n) is 3.87. The van der Waals surface area contributed by atoms with E-state index in [0.29, 0.717) is 18.4 Å². The molecule has 0 aromatic heterocycles. The number of carboxylic acid groups (broad SMARTS) is 1. The normalized spacial score (nSPS) is 35.7. The van der Waals surface area contributed by atoms with Gasteiger partial charge in [-0.3, -0.25) is 4.79 Å². The van der Waals surface area contributed by atoms with E-state index in [2.05, 4.69) is 13.8 Å². The van der Waals surface area contributed by atoms with Crippen LogP contribution in [0.1, 0.15) is 33.1 Å². The maximum atomic E-state index is 11.3. The average Bonchev–Trinajstić information content (AvgIpc) is 2.56. The molecule has 0 bridgehead atoms. The highest BCUT2D eigenvalue weighted by molar-refractivity contribution is 5.71. The van der Waals surface area contributed by atoms with Crippen molar-refractivity contribution in [1.82, 2.24) is 0 Å². The van der Waals surface area contributed by atoms with Gasteiger partial charge < -0.3 is 9.84 Å². The maximum absolute atomic E-state index is 11.3. The molecule has 1 fully saturated rings. The minimum absolute atomic E-state index is 0.195. The van der Waals surface area contributed by atoms with Crippen molar-refractivity contribution in [3.05, 3.63) is 0 Å². The van der Waals surface area contributed by atoms with E-state index in [-0.39, 0.29) is 11.8 Å². The second-order valence-electron chi connectivity index (χ2n) is 4.56. The molecule has 15 heavy (non-hydrogen) atoms. The molecule has 4 atom stereocenters. The molecule has 4 unspecified atom stereocenters. The zero-order valence-corrected chi connectivity index (χ0v) is 9.90. The molecule has 0 saturated heterocycles. The molecule has 0 aromatic rings. The molecule has 88 valence electrons. The van der Waals surface area contributed by atoms with Crippen LogP contribution in [0.25, 0.3) is 0 Å². The summed E-state index contributed by atoms with van der Waals surface area (Å²) in [6.45, 7) is 4.82. The Labute approximate surface area is 91.8 Å². The SMILES string of the molecule is CCC1CC(CC)C(C(=O)O)C1COC. The molecule has 1 aliphatic rings. The monoisotopic (exact) mass is 214 g/mol. The van der Waals surface area contributed by atoms with E-state index in [4.69, 9.17) is 4.74 Å². The predicted octanol–water partition coefficient (Wildman–Crippen LogP) is 2.41. The molecule has 0 amide bonds. The first-order valence-electron chi connectivity index (χ1n) is 5.87. The smallest absolute Gasteiger partial charge is 0.307 e. The van der Waals surface area contributed by atoms with Gasteiger partial charge in [0.1, 0.15) is 0 Å². The summed E-state index contributed by atoms with van der Waals surface area (Å²) in [4.78, 5) is 11.3. The van der Waals surface area contributed by atoms with Crippen molar-refractivity contribution >= 4 is 5.97 Å². The largest absolute Gasteiger partial charge is 0.481 e. The quantitative estimate of drug-likeness (QED) is 0.764. The fraction of sp³-hybridized carbons (Fsp3) is 0.917. The molecule has 0 aliphatic heterocycles. The Morgan fingerprint density at radius 1 is 1.33 bits per heavy atom. The van der Waals surface area contributed by atoms with Crippen molar-refractivity contribution in [1.29, 1.82) is 0 Å². The Morgan fingerprint density at radius 3 is 2.33 bits per heavy atom. The van der Waals surface area contributed by atoms with Crippen LogP contribution in [-0.2, 0) is 9.53 Å². The van der Waals surface area contributed by atoms with Crippen molar-refractivity contribution in [2.24, 2.45) is 23.7 Å². The van der Waals surface area contributed by atoms with Gasteiger partial charge in [0.2, 0.25) is 0 Å². The molecule has 1 aliphatic carbocycles. The van der Waals surface area contributed by atoms with E-state index in [1.807, 2.05) is 0 Å². The Hall–Kier alpha value is -0.570. The summed E-state index contributed by atoms with van der Waals surface area (Å²) in [6, 6.07) is 0. The predicted molar refractivity (Wildman–Crippen MR) is 58.7 cm³/mol. The van der Waals surface area contributed by atoms with Gasteiger partial charge in [0.25, 0.3) is 0 Å². The molecule has 0 heterocycles. The Morgan fingerprint density at radius 2 is 1.93 bits per heavy atom. The number of methoxy groups -OCH3 is 1. The summed E-state index contributed by atoms with van der Waals surface area (Å²) in [5.41, 5.74) is 0. The first-order valence-corrected chi connectivity index (χ1v) is 5.87. The topological polar surface area (TPSA) is 46.5 Å². The van der Waals surface area contributed by atoms with Crippen molar-refractivity contribution in [2.75, 3.05) is 13.7 Å². The molecule has 1 saturated carbocycles. The number of carboxylic acids is 1. The van der Waals surface area contributed by atoms with E-state index in [9.17, 15) is 9.90 Å². The van der Waals surface area contributed by atoms with Gasteiger partial charge in [0.15, 0.2) is 0 Å². The summed E-state index contributed by atoms with van der Waals surface area (Å²) in [5, 5.41) is 9.27. The Kier molecular flexibility index (Phi) is 4.58. The fourth-order valence-corrected chi connectivity index (χ4v) is 3.06. The highest BCUT2D eigenvalue weighted by Gasteiger charge is 2.45. The van der Waals surface area contributed by atoms with E-state index < -0.39 is 5.97 Å². The maximum Gasteiger partial charge on any atom is 0.307 e. The van der Waals surface area contributed by atoms with Crippen LogP contribution < -0.4 is 0 Å². The van der Waals surface area contributed by atoms with Gasteiger partial charge in [0, 0.05) is 7.11 Å². The van der Waals surface area contributed by atoms with Crippen LogP contribution in [-0.4, -0.2) is 24.8 Å². The van der Waals surface area contributed by atoms with Crippen LogP contribution in [0, 0.1) is 23.7 Å². The zero-order valence-electron chi connectivity index (χ0n) is 9.90. The summed E-state index contributed by atoms with van der Waals surface area (Å²) in [5.74, 6) is 0.241. The molecule has 1 N–H and O–H groups in total. The van der Waals surface area contributed by atoms with Crippen molar-refractivity contribution < 1.29 is 14.6 Å². The highest BCUT2D eigenvalue weighted by Crippen LogP contribution is 2.44. The molecule has 0 aromatic carbocycles. The minimum Gasteiger partial charge on any atom is -0.481 e. The van der Waals surface area contributed by atoms with Crippen molar-refractivity contribution in [2.45, 2.75) is 33.1 Å². The standard InChI is InChI=1S/C12H22O3/c1-4-8-6-9(5-2)11(12(13)14)10(8)7-15-3/h8-11H,4-7H2,1-3H3,(H,13,14). The molecule has 0 radical (unpaired) electrons. The van der Waals surface area contributed by atoms with Crippen LogP contribution >= 0.6 is 0 Å². The van der Waals surface area contributed by atoms with Crippen molar-refractivity contribution in [3.63, 3.8) is 0 Å². The number of rotatable bonds is 5. The van der Waals surface area contributed by atoms with E-state index in [1.54, 1.807) is 7.11 Å². The molecule has 0 spiro atoms. The van der Waals surface area contributed by atoms with E-state index in [1.165, 1.54) is 0 Å². The summed E-state index contributed by atoms with van der Waals surface area (Å²) in [6.07, 6.45) is 3.08. The van der Waals surface area contributed by atoms with E-state index in [0.717, 1.165) is 19.3 Å². The summed E-state index contributed by atoms with van der Waals surface area (Å²) in [7, 11) is 1.66. The number of hydrogen-bond acceptors (Lipinski definition) is 2. The second-order valence-corrected chi connectivity index (χ2v) is 4.56. The second kappa shape index (κ2) is 5.50. The van der Waals surface area contributed by atoms with Gasteiger partial charge >= 0.3 is 5.97 Å². The van der Waals surface area contributed by atoms with Crippen LogP contribution in [0.15, 0.2) is 0 Å².